The highest BCUT2D eigenvalue weighted by molar-refractivity contribution is 6.08. The molecule has 8 heteroatoms. The number of anilines is 1. The van der Waals surface area contributed by atoms with Crippen LogP contribution in [0, 0.1) is 0 Å². The predicted molar refractivity (Wildman–Crippen MR) is 191 cm³/mol. The van der Waals surface area contributed by atoms with E-state index in [2.05, 4.69) is 59.9 Å². The maximum Gasteiger partial charge on any atom is 0.256 e. The van der Waals surface area contributed by atoms with Crippen molar-refractivity contribution < 1.29 is 9.59 Å². The van der Waals surface area contributed by atoms with Crippen LogP contribution >= 0.6 is 0 Å². The molecule has 0 radical (unpaired) electrons. The second kappa shape index (κ2) is 14.7. The number of carbonyl (C=O) groups is 2. The summed E-state index contributed by atoms with van der Waals surface area (Å²) in [6.07, 6.45) is 6.77. The number of amides is 2. The van der Waals surface area contributed by atoms with Crippen molar-refractivity contribution in [2.24, 2.45) is 0 Å². The standard InChI is InChI=1S/C39H50N6O2/c1-4-6-18-43(19-7-5-2)38(46)35-28-45(36-15-11-10-14-33(35)36)37-17-16-31(40)25-34(37)39(47)44-26-30-13-9-8-12-29(30)24-32(44)27-42-22-20-41(3)21-23-42/h8-17,25,28,32H,4-7,18-24,26-27,40H2,1-3H3/t32-/m0/s1. The van der Waals surface area contributed by atoms with Crippen LogP contribution in [0.15, 0.2) is 72.9 Å². The van der Waals surface area contributed by atoms with Crippen molar-refractivity contribution in [3.05, 3.63) is 95.2 Å². The summed E-state index contributed by atoms with van der Waals surface area (Å²) < 4.78 is 2.03. The average Bonchev–Trinajstić information content (AvgIpc) is 3.48. The molecule has 6 rings (SSSR count). The van der Waals surface area contributed by atoms with Crippen LogP contribution in [-0.2, 0) is 13.0 Å². The largest absolute Gasteiger partial charge is 0.399 e. The minimum Gasteiger partial charge on any atom is -0.399 e. The Morgan fingerprint density at radius 2 is 1.53 bits per heavy atom. The van der Waals surface area contributed by atoms with Crippen LogP contribution in [0.25, 0.3) is 16.6 Å². The summed E-state index contributed by atoms with van der Waals surface area (Å²) in [5.74, 6) is 0.0177. The Morgan fingerprint density at radius 3 is 2.26 bits per heavy atom. The van der Waals surface area contributed by atoms with Crippen molar-refractivity contribution in [2.45, 2.75) is 58.5 Å². The number of rotatable bonds is 11. The fourth-order valence-electron chi connectivity index (χ4n) is 7.14. The number of hydrogen-bond donors (Lipinski definition) is 1. The van der Waals surface area contributed by atoms with Crippen molar-refractivity contribution in [3.8, 4) is 5.69 Å². The Balaban J connectivity index is 1.39. The summed E-state index contributed by atoms with van der Waals surface area (Å²) in [6.45, 7) is 11.3. The molecule has 1 atom stereocenters. The molecule has 0 spiro atoms. The Labute approximate surface area is 279 Å². The number of aromatic nitrogens is 1. The van der Waals surface area contributed by atoms with Crippen molar-refractivity contribution in [3.63, 3.8) is 0 Å². The number of nitrogens with zero attached hydrogens (tertiary/aromatic N) is 5. The van der Waals surface area contributed by atoms with Crippen LogP contribution in [0.3, 0.4) is 0 Å². The third-order valence-corrected chi connectivity index (χ3v) is 9.98. The molecule has 0 bridgehead atoms. The number of unbranched alkanes of at least 4 members (excludes halogenated alkanes) is 2. The lowest BCUT2D eigenvalue weighted by molar-refractivity contribution is 0.0535. The van der Waals surface area contributed by atoms with E-state index in [0.29, 0.717) is 23.4 Å². The van der Waals surface area contributed by atoms with E-state index in [-0.39, 0.29) is 17.9 Å². The SMILES string of the molecule is CCCCN(CCCC)C(=O)c1cn(-c2ccc(N)cc2C(=O)N2Cc3ccccc3C[C@H]2CN2CCN(C)CC2)c2ccccc12. The number of likely N-dealkylation sites (N-methyl/N-ethyl adjacent to an activating group) is 1. The molecule has 2 aliphatic rings. The molecule has 248 valence electrons. The van der Waals surface area contributed by atoms with E-state index >= 15 is 0 Å². The lowest BCUT2D eigenvalue weighted by atomic mass is 9.92. The molecule has 1 saturated heterocycles. The molecular weight excluding hydrogens is 584 g/mol. The molecule has 1 fully saturated rings. The van der Waals surface area contributed by atoms with Gasteiger partial charge in [-0.15, -0.1) is 0 Å². The smallest absolute Gasteiger partial charge is 0.256 e. The van der Waals surface area contributed by atoms with Crippen LogP contribution in [0.1, 0.15) is 71.4 Å². The first-order chi connectivity index (χ1) is 22.9. The summed E-state index contributed by atoms with van der Waals surface area (Å²) in [5, 5.41) is 0.894. The van der Waals surface area contributed by atoms with Gasteiger partial charge in [0.2, 0.25) is 0 Å². The summed E-state index contributed by atoms with van der Waals surface area (Å²) in [7, 11) is 2.17. The third kappa shape index (κ3) is 7.09. The molecule has 2 amide bonds. The molecule has 1 aromatic heterocycles. The van der Waals surface area contributed by atoms with Gasteiger partial charge in [0, 0.05) is 75.7 Å². The van der Waals surface area contributed by atoms with Gasteiger partial charge in [-0.2, -0.15) is 0 Å². The zero-order chi connectivity index (χ0) is 32.9. The van der Waals surface area contributed by atoms with Crippen molar-refractivity contribution in [1.82, 2.24) is 24.2 Å². The van der Waals surface area contributed by atoms with Crippen LogP contribution < -0.4 is 5.73 Å². The fraction of sp³-hybridized carbons (Fsp3) is 0.436. The lowest BCUT2D eigenvalue weighted by Crippen LogP contribution is -2.53. The number of para-hydroxylation sites is 1. The fourth-order valence-corrected chi connectivity index (χ4v) is 7.14. The van der Waals surface area contributed by atoms with Crippen LogP contribution in [0.4, 0.5) is 5.69 Å². The summed E-state index contributed by atoms with van der Waals surface area (Å²) >= 11 is 0. The third-order valence-electron chi connectivity index (χ3n) is 9.98. The maximum absolute atomic E-state index is 14.8. The predicted octanol–water partition coefficient (Wildman–Crippen LogP) is 6.07. The molecule has 0 saturated carbocycles. The maximum atomic E-state index is 14.8. The first kappa shape index (κ1) is 32.8. The van der Waals surface area contributed by atoms with Gasteiger partial charge < -0.3 is 25.0 Å². The Morgan fingerprint density at radius 1 is 0.851 bits per heavy atom. The lowest BCUT2D eigenvalue weighted by Gasteiger charge is -2.41. The van der Waals surface area contributed by atoms with Gasteiger partial charge in [0.25, 0.3) is 11.8 Å². The highest BCUT2D eigenvalue weighted by Gasteiger charge is 2.34. The van der Waals surface area contributed by atoms with Crippen LogP contribution in [0.2, 0.25) is 0 Å². The number of nitrogen functional groups attached to an aromatic ring is 1. The van der Waals surface area contributed by atoms with Gasteiger partial charge >= 0.3 is 0 Å². The first-order valence-corrected chi connectivity index (χ1v) is 17.5. The van der Waals surface area contributed by atoms with Crippen molar-refractivity contribution in [1.29, 1.82) is 0 Å². The second-order valence-electron chi connectivity index (χ2n) is 13.4. The molecule has 2 aliphatic heterocycles. The highest BCUT2D eigenvalue weighted by atomic mass is 16.2. The summed E-state index contributed by atoms with van der Waals surface area (Å²) in [4.78, 5) is 37.9. The Bertz CT molecular complexity index is 1700. The summed E-state index contributed by atoms with van der Waals surface area (Å²) in [6, 6.07) is 22.2. The number of hydrogen-bond acceptors (Lipinski definition) is 5. The minimum absolute atomic E-state index is 0.0286. The van der Waals surface area contributed by atoms with Gasteiger partial charge in [0.05, 0.1) is 22.3 Å². The Kier molecular flexibility index (Phi) is 10.3. The van der Waals surface area contributed by atoms with E-state index in [1.54, 1.807) is 0 Å². The molecule has 8 nitrogen and oxygen atoms in total. The van der Waals surface area contributed by atoms with Crippen LogP contribution in [-0.4, -0.2) is 94.9 Å². The molecule has 2 N–H and O–H groups in total. The van der Waals surface area contributed by atoms with Crippen molar-refractivity contribution >= 4 is 28.4 Å². The molecule has 3 heterocycles. The number of fused-ring (bicyclic) bond motifs is 2. The molecule has 0 aliphatic carbocycles. The van der Waals surface area contributed by atoms with Gasteiger partial charge in [-0.3, -0.25) is 14.5 Å². The van der Waals surface area contributed by atoms with E-state index in [1.165, 1.54) is 11.1 Å². The molecule has 47 heavy (non-hydrogen) atoms. The van der Waals surface area contributed by atoms with E-state index in [9.17, 15) is 9.59 Å². The Hall–Kier alpha value is -4.14. The van der Waals surface area contributed by atoms with Gasteiger partial charge in [-0.05, 0) is 61.7 Å². The van der Waals surface area contributed by atoms with Gasteiger partial charge in [-0.1, -0.05) is 69.2 Å². The molecule has 4 aromatic rings. The number of nitrogens with two attached hydrogens (primary N) is 1. The van der Waals surface area contributed by atoms with E-state index in [1.807, 2.05) is 58.1 Å². The zero-order valence-corrected chi connectivity index (χ0v) is 28.3. The van der Waals surface area contributed by atoms with E-state index in [4.69, 9.17) is 5.73 Å². The second-order valence-corrected chi connectivity index (χ2v) is 13.4. The van der Waals surface area contributed by atoms with Crippen molar-refractivity contribution in [2.75, 3.05) is 58.6 Å². The highest BCUT2D eigenvalue weighted by Crippen LogP contribution is 2.32. The van der Waals surface area contributed by atoms with Gasteiger partial charge in [0.15, 0.2) is 0 Å². The number of carbonyl (C=O) groups excluding carboxylic acids is 2. The summed E-state index contributed by atoms with van der Waals surface area (Å²) in [5.41, 5.74) is 12.3. The van der Waals surface area contributed by atoms with Gasteiger partial charge in [0.1, 0.15) is 0 Å². The molecule has 0 unspecified atom stereocenters. The normalized spacial score (nSPS) is 17.2. The van der Waals surface area contributed by atoms with E-state index in [0.717, 1.165) is 94.5 Å². The van der Waals surface area contributed by atoms with E-state index < -0.39 is 0 Å². The molecular formula is C39H50N6O2. The minimum atomic E-state index is -0.0286. The first-order valence-electron chi connectivity index (χ1n) is 17.5. The monoisotopic (exact) mass is 634 g/mol. The zero-order valence-electron chi connectivity index (χ0n) is 28.3. The number of piperazine rings is 1. The van der Waals surface area contributed by atoms with Gasteiger partial charge in [-0.25, -0.2) is 0 Å². The topological polar surface area (TPSA) is 78.0 Å². The molecule has 3 aromatic carbocycles. The quantitative estimate of drug-likeness (QED) is 0.203. The van der Waals surface area contributed by atoms with Crippen LogP contribution in [0.5, 0.6) is 0 Å². The number of benzene rings is 3. The average molecular weight is 635 g/mol.